The number of methoxy groups -OCH3 is 1. The lowest BCUT2D eigenvalue weighted by Gasteiger charge is -2.14. The van der Waals surface area contributed by atoms with E-state index in [1.807, 2.05) is 0 Å². The smallest absolute Gasteiger partial charge is 0.281 e. The Kier molecular flexibility index (Phi) is 4.31. The van der Waals surface area contributed by atoms with Gasteiger partial charge in [-0.2, -0.15) is 8.42 Å². The van der Waals surface area contributed by atoms with E-state index in [-0.39, 0.29) is 5.03 Å². The zero-order valence-corrected chi connectivity index (χ0v) is 12.5. The van der Waals surface area contributed by atoms with Crippen molar-refractivity contribution in [1.29, 1.82) is 0 Å². The maximum Gasteiger partial charge on any atom is 0.281 e. The zero-order chi connectivity index (χ0) is 14.8. The van der Waals surface area contributed by atoms with E-state index < -0.39 is 21.3 Å². The molecule has 0 atom stereocenters. The molecule has 0 spiro atoms. The normalized spacial score (nSPS) is 16.7. The number of nitrogens with zero attached hydrogens (tertiary/aromatic N) is 1. The van der Waals surface area contributed by atoms with Crippen molar-refractivity contribution < 1.29 is 17.9 Å². The van der Waals surface area contributed by atoms with Gasteiger partial charge in [0.1, 0.15) is 0 Å². The minimum absolute atomic E-state index is 0.224. The number of ether oxygens (including phenoxy) is 1. The van der Waals surface area contributed by atoms with E-state index in [0.29, 0.717) is 30.9 Å². The minimum atomic E-state index is -3.95. The molecular weight excluding hydrogens is 304 g/mol. The van der Waals surface area contributed by atoms with Gasteiger partial charge in [-0.25, -0.2) is 9.71 Å². The number of carbonyl (C=O) groups is 1. The Labute approximate surface area is 122 Å². The Bertz CT molecular complexity index is 596. The summed E-state index contributed by atoms with van der Waals surface area (Å²) in [6.07, 6.45) is 3.08. The molecule has 0 aromatic carbocycles. The molecule has 20 heavy (non-hydrogen) atoms. The summed E-state index contributed by atoms with van der Waals surface area (Å²) in [6, 6.07) is 2.66. The summed E-state index contributed by atoms with van der Waals surface area (Å²) in [6.45, 7) is 0.423. The predicted molar refractivity (Wildman–Crippen MR) is 72.7 cm³/mol. The average Bonchev–Trinajstić information content (AvgIpc) is 3.17. The largest absolute Gasteiger partial charge is 0.385 e. The predicted octanol–water partition coefficient (Wildman–Crippen LogP) is 1.36. The number of halogens is 1. The zero-order valence-electron chi connectivity index (χ0n) is 10.9. The molecule has 0 aliphatic heterocycles. The number of rotatable bonds is 6. The third kappa shape index (κ3) is 3.28. The number of nitrogens with one attached hydrogen (secondary N) is 1. The fraction of sp³-hybridized carbons (Fsp3) is 0.500. The van der Waals surface area contributed by atoms with Crippen molar-refractivity contribution in [2.24, 2.45) is 5.41 Å². The van der Waals surface area contributed by atoms with Gasteiger partial charge < -0.3 is 4.74 Å². The van der Waals surface area contributed by atoms with E-state index in [1.54, 1.807) is 7.11 Å². The van der Waals surface area contributed by atoms with Gasteiger partial charge in [0.15, 0.2) is 5.03 Å². The van der Waals surface area contributed by atoms with Gasteiger partial charge in [0.05, 0.1) is 10.4 Å². The third-order valence-electron chi connectivity index (χ3n) is 3.32. The van der Waals surface area contributed by atoms with Crippen molar-refractivity contribution in [2.45, 2.75) is 24.3 Å². The van der Waals surface area contributed by atoms with E-state index >= 15 is 0 Å². The topological polar surface area (TPSA) is 85.4 Å². The lowest BCUT2D eigenvalue weighted by molar-refractivity contribution is -0.125. The third-order valence-corrected chi connectivity index (χ3v) is 4.79. The molecule has 110 valence electrons. The molecule has 0 bridgehead atoms. The molecule has 8 heteroatoms. The van der Waals surface area contributed by atoms with Crippen LogP contribution in [0.4, 0.5) is 0 Å². The Balaban J connectivity index is 2.09. The SMILES string of the molecule is COCCC1(C(=O)NS(=O)(=O)c2ccc(Cl)cn2)CC1. The van der Waals surface area contributed by atoms with Crippen LogP contribution in [0.5, 0.6) is 0 Å². The average molecular weight is 319 g/mol. The van der Waals surface area contributed by atoms with Crippen molar-refractivity contribution >= 4 is 27.5 Å². The molecule has 1 fully saturated rings. The van der Waals surface area contributed by atoms with Crippen LogP contribution in [0.1, 0.15) is 19.3 Å². The van der Waals surface area contributed by atoms with Crippen molar-refractivity contribution in [3.8, 4) is 0 Å². The van der Waals surface area contributed by atoms with Crippen LogP contribution in [0, 0.1) is 5.41 Å². The highest BCUT2D eigenvalue weighted by Crippen LogP contribution is 2.49. The van der Waals surface area contributed by atoms with E-state index in [2.05, 4.69) is 9.71 Å². The van der Waals surface area contributed by atoms with Crippen molar-refractivity contribution in [1.82, 2.24) is 9.71 Å². The minimum Gasteiger partial charge on any atom is -0.385 e. The Morgan fingerprint density at radius 3 is 2.70 bits per heavy atom. The van der Waals surface area contributed by atoms with Crippen molar-refractivity contribution in [3.05, 3.63) is 23.4 Å². The lowest BCUT2D eigenvalue weighted by Crippen LogP contribution is -2.37. The fourth-order valence-electron chi connectivity index (χ4n) is 1.84. The lowest BCUT2D eigenvalue weighted by atomic mass is 10.0. The second-order valence-electron chi connectivity index (χ2n) is 4.77. The summed E-state index contributed by atoms with van der Waals surface area (Å²) >= 11 is 5.65. The Morgan fingerprint density at radius 1 is 1.50 bits per heavy atom. The summed E-state index contributed by atoms with van der Waals surface area (Å²) < 4.78 is 31.1. The van der Waals surface area contributed by atoms with Gasteiger partial charge in [-0.3, -0.25) is 4.79 Å². The monoisotopic (exact) mass is 318 g/mol. The van der Waals surface area contributed by atoms with Gasteiger partial charge in [0.25, 0.3) is 10.0 Å². The molecule has 1 aliphatic carbocycles. The second-order valence-corrected chi connectivity index (χ2v) is 6.84. The van der Waals surface area contributed by atoms with E-state index in [1.165, 1.54) is 18.3 Å². The van der Waals surface area contributed by atoms with Crippen LogP contribution in [0.2, 0.25) is 5.02 Å². The number of pyridine rings is 1. The highest BCUT2D eigenvalue weighted by molar-refractivity contribution is 7.90. The first kappa shape index (κ1) is 15.2. The Morgan fingerprint density at radius 2 is 2.20 bits per heavy atom. The van der Waals surface area contributed by atoms with Gasteiger partial charge in [-0.1, -0.05) is 11.6 Å². The summed E-state index contributed by atoms with van der Waals surface area (Å²) in [5.74, 6) is -0.494. The molecule has 6 nitrogen and oxygen atoms in total. The van der Waals surface area contributed by atoms with Gasteiger partial charge in [-0.15, -0.1) is 0 Å². The molecule has 1 heterocycles. The first-order valence-electron chi connectivity index (χ1n) is 6.07. The number of amides is 1. The van der Waals surface area contributed by atoms with E-state index in [9.17, 15) is 13.2 Å². The molecule has 0 unspecified atom stereocenters. The number of hydrogen-bond donors (Lipinski definition) is 1. The van der Waals surface area contributed by atoms with Gasteiger partial charge in [0.2, 0.25) is 5.91 Å². The highest BCUT2D eigenvalue weighted by Gasteiger charge is 2.50. The molecule has 1 N–H and O–H groups in total. The molecule has 1 saturated carbocycles. The van der Waals surface area contributed by atoms with Crippen LogP contribution in [0.25, 0.3) is 0 Å². The summed E-state index contributed by atoms with van der Waals surface area (Å²) in [7, 11) is -2.41. The van der Waals surface area contributed by atoms with Gasteiger partial charge >= 0.3 is 0 Å². The maximum absolute atomic E-state index is 12.1. The number of carbonyl (C=O) groups excluding carboxylic acids is 1. The maximum atomic E-state index is 12.1. The van der Waals surface area contributed by atoms with Crippen LogP contribution in [0.3, 0.4) is 0 Å². The molecule has 1 aromatic rings. The van der Waals surface area contributed by atoms with Crippen LogP contribution in [0.15, 0.2) is 23.4 Å². The highest BCUT2D eigenvalue weighted by atomic mass is 35.5. The molecule has 0 radical (unpaired) electrons. The number of sulfonamides is 1. The van der Waals surface area contributed by atoms with E-state index in [0.717, 1.165) is 0 Å². The van der Waals surface area contributed by atoms with Crippen LogP contribution in [-0.4, -0.2) is 33.0 Å². The number of hydrogen-bond acceptors (Lipinski definition) is 5. The summed E-state index contributed by atoms with van der Waals surface area (Å²) in [4.78, 5) is 15.8. The second kappa shape index (κ2) is 5.67. The quantitative estimate of drug-likeness (QED) is 0.856. The van der Waals surface area contributed by atoms with Gasteiger partial charge in [-0.05, 0) is 31.4 Å². The molecular formula is C12H15ClN2O4S. The molecule has 1 aromatic heterocycles. The van der Waals surface area contributed by atoms with Crippen LogP contribution >= 0.6 is 11.6 Å². The molecule has 1 aliphatic rings. The fourth-order valence-corrected chi connectivity index (χ4v) is 2.96. The van der Waals surface area contributed by atoms with Gasteiger partial charge in [0, 0.05) is 19.9 Å². The summed E-state index contributed by atoms with van der Waals surface area (Å²) in [5.41, 5.74) is -0.616. The molecule has 0 saturated heterocycles. The molecule has 1 amide bonds. The molecule has 2 rings (SSSR count). The Hall–Kier alpha value is -1.18. The standard InChI is InChI=1S/C12H15ClN2O4S/c1-19-7-6-12(4-5-12)11(16)15-20(17,18)10-3-2-9(13)8-14-10/h2-3,8H,4-7H2,1H3,(H,15,16). The first-order valence-corrected chi connectivity index (χ1v) is 7.93. The van der Waals surface area contributed by atoms with Crippen molar-refractivity contribution in [2.75, 3.05) is 13.7 Å². The van der Waals surface area contributed by atoms with Crippen LogP contribution < -0.4 is 4.72 Å². The summed E-state index contributed by atoms with van der Waals surface area (Å²) in [5, 5.41) is 0.104. The van der Waals surface area contributed by atoms with Crippen molar-refractivity contribution in [3.63, 3.8) is 0 Å². The van der Waals surface area contributed by atoms with E-state index in [4.69, 9.17) is 16.3 Å². The number of aromatic nitrogens is 1. The first-order chi connectivity index (χ1) is 9.39. The van der Waals surface area contributed by atoms with Crippen LogP contribution in [-0.2, 0) is 19.6 Å².